The smallest absolute Gasteiger partial charge is 0.314 e. The van der Waals surface area contributed by atoms with Gasteiger partial charge in [0.2, 0.25) is 0 Å². The maximum Gasteiger partial charge on any atom is 0.314 e. The summed E-state index contributed by atoms with van der Waals surface area (Å²) in [5.74, 6) is -0.142. The van der Waals surface area contributed by atoms with Gasteiger partial charge in [0.1, 0.15) is 5.75 Å². The van der Waals surface area contributed by atoms with Gasteiger partial charge in [0, 0.05) is 6.42 Å². The number of esters is 1. The molecule has 0 aliphatic heterocycles. The lowest BCUT2D eigenvalue weighted by molar-refractivity contribution is -0.140. The summed E-state index contributed by atoms with van der Waals surface area (Å²) in [7, 11) is 0. The van der Waals surface area contributed by atoms with Crippen LogP contribution in [0.2, 0.25) is 0 Å². The summed E-state index contributed by atoms with van der Waals surface area (Å²) in [6, 6.07) is 7.14. The van der Waals surface area contributed by atoms with Crippen LogP contribution in [0.5, 0.6) is 5.75 Å². The molecule has 2 rings (SSSR count). The number of nitrogens with two attached hydrogens (primary N) is 1. The van der Waals surface area contributed by atoms with E-state index in [1.807, 2.05) is 6.07 Å². The molecule has 3 N–H and O–H groups in total. The molecule has 0 atom stereocenters. The van der Waals surface area contributed by atoms with Crippen LogP contribution in [-0.4, -0.2) is 23.6 Å². The van der Waals surface area contributed by atoms with Crippen LogP contribution in [0.1, 0.15) is 37.7 Å². The molecule has 1 saturated carbocycles. The van der Waals surface area contributed by atoms with Gasteiger partial charge in [0.25, 0.3) is 0 Å². The topological polar surface area (TPSA) is 89.6 Å². The number of ether oxygens (including phenoxy) is 1. The summed E-state index contributed by atoms with van der Waals surface area (Å²) in [5.41, 5.74) is 6.42. The molecule has 0 saturated heterocycles. The van der Waals surface area contributed by atoms with E-state index in [4.69, 9.17) is 15.6 Å². The minimum absolute atomic E-state index is 0.0240. The Balaban J connectivity index is 1.95. The minimum Gasteiger partial charge on any atom is -0.481 e. The molecular formula is C17H23NO4. The van der Waals surface area contributed by atoms with Crippen molar-refractivity contribution in [3.63, 3.8) is 0 Å². The Morgan fingerprint density at radius 1 is 1.18 bits per heavy atom. The summed E-state index contributed by atoms with van der Waals surface area (Å²) >= 11 is 0. The summed E-state index contributed by atoms with van der Waals surface area (Å²) in [6.07, 6.45) is 3.96. The highest BCUT2D eigenvalue weighted by atomic mass is 16.5. The second kappa shape index (κ2) is 7.94. The fraction of sp³-hybridized carbons (Fsp3) is 0.529. The van der Waals surface area contributed by atoms with E-state index < -0.39 is 5.97 Å². The highest BCUT2D eigenvalue weighted by molar-refractivity contribution is 5.75. The van der Waals surface area contributed by atoms with Crippen molar-refractivity contribution in [1.29, 1.82) is 0 Å². The van der Waals surface area contributed by atoms with Crippen LogP contribution in [0.4, 0.5) is 0 Å². The zero-order valence-electron chi connectivity index (χ0n) is 12.7. The van der Waals surface area contributed by atoms with E-state index in [0.717, 1.165) is 31.2 Å². The van der Waals surface area contributed by atoms with Crippen LogP contribution in [0.3, 0.4) is 0 Å². The highest BCUT2D eigenvalue weighted by Crippen LogP contribution is 2.30. The summed E-state index contributed by atoms with van der Waals surface area (Å²) in [6.45, 7) is 0.680. The van der Waals surface area contributed by atoms with Gasteiger partial charge in [0.05, 0.1) is 5.92 Å². The number of aryl methyl sites for hydroxylation is 1. The van der Waals surface area contributed by atoms with E-state index in [0.29, 0.717) is 24.6 Å². The molecule has 1 aromatic rings. The van der Waals surface area contributed by atoms with Crippen molar-refractivity contribution in [3.8, 4) is 5.75 Å². The molecule has 22 heavy (non-hydrogen) atoms. The number of carboxylic acid groups (broad SMARTS) is 1. The number of carbonyl (C=O) groups is 2. The average molecular weight is 305 g/mol. The van der Waals surface area contributed by atoms with E-state index >= 15 is 0 Å². The third-order valence-electron chi connectivity index (χ3n) is 4.30. The van der Waals surface area contributed by atoms with Crippen molar-refractivity contribution in [2.45, 2.75) is 38.5 Å². The number of hydrogen-bond acceptors (Lipinski definition) is 4. The van der Waals surface area contributed by atoms with Gasteiger partial charge in [-0.15, -0.1) is 0 Å². The van der Waals surface area contributed by atoms with Gasteiger partial charge in [-0.1, -0.05) is 18.2 Å². The number of aliphatic carboxylic acids is 1. The quantitative estimate of drug-likeness (QED) is 0.622. The van der Waals surface area contributed by atoms with E-state index in [-0.39, 0.29) is 18.3 Å². The number of benzene rings is 1. The zero-order chi connectivity index (χ0) is 15.9. The Morgan fingerprint density at radius 2 is 1.86 bits per heavy atom. The summed E-state index contributed by atoms with van der Waals surface area (Å²) in [5, 5.41) is 8.78. The Morgan fingerprint density at radius 3 is 2.50 bits per heavy atom. The van der Waals surface area contributed by atoms with Gasteiger partial charge in [-0.3, -0.25) is 9.59 Å². The third kappa shape index (κ3) is 4.56. The van der Waals surface area contributed by atoms with Gasteiger partial charge in [-0.25, -0.2) is 0 Å². The molecule has 0 amide bonds. The molecule has 120 valence electrons. The van der Waals surface area contributed by atoms with Crippen molar-refractivity contribution in [2.75, 3.05) is 6.54 Å². The molecule has 1 aliphatic carbocycles. The zero-order valence-corrected chi connectivity index (χ0v) is 12.7. The molecule has 0 radical (unpaired) electrons. The van der Waals surface area contributed by atoms with Crippen molar-refractivity contribution in [2.24, 2.45) is 17.6 Å². The molecule has 1 aliphatic rings. The summed E-state index contributed by atoms with van der Waals surface area (Å²) < 4.78 is 5.52. The predicted octanol–water partition coefficient (Wildman–Crippen LogP) is 2.37. The average Bonchev–Trinajstić information content (AvgIpc) is 2.54. The van der Waals surface area contributed by atoms with Crippen molar-refractivity contribution in [1.82, 2.24) is 0 Å². The fourth-order valence-electron chi connectivity index (χ4n) is 2.88. The van der Waals surface area contributed by atoms with E-state index in [1.54, 1.807) is 18.2 Å². The van der Waals surface area contributed by atoms with Gasteiger partial charge >= 0.3 is 11.9 Å². The Labute approximate surface area is 130 Å². The maximum atomic E-state index is 12.3. The monoisotopic (exact) mass is 305 g/mol. The van der Waals surface area contributed by atoms with E-state index in [9.17, 15) is 9.59 Å². The number of para-hydroxylation sites is 1. The van der Waals surface area contributed by atoms with Gasteiger partial charge in [0.15, 0.2) is 0 Å². The fourth-order valence-corrected chi connectivity index (χ4v) is 2.88. The Hall–Kier alpha value is -1.88. The molecular weight excluding hydrogens is 282 g/mol. The first kappa shape index (κ1) is 16.5. The molecule has 0 unspecified atom stereocenters. The Bertz CT molecular complexity index is 521. The lowest BCUT2D eigenvalue weighted by Gasteiger charge is -2.26. The third-order valence-corrected chi connectivity index (χ3v) is 4.30. The SMILES string of the molecule is NCC1CCC(C(=O)Oc2ccccc2CCC(=O)O)CC1. The molecule has 5 heteroatoms. The molecule has 1 aromatic carbocycles. The van der Waals surface area contributed by atoms with Crippen LogP contribution >= 0.6 is 0 Å². The first-order valence-electron chi connectivity index (χ1n) is 7.81. The standard InChI is InChI=1S/C17H23NO4/c18-11-12-5-7-14(8-6-12)17(21)22-15-4-2-1-3-13(15)9-10-16(19)20/h1-4,12,14H,5-11,18H2,(H,19,20). The molecule has 0 aromatic heterocycles. The van der Waals surface area contributed by atoms with E-state index in [2.05, 4.69) is 0 Å². The van der Waals surface area contributed by atoms with Crippen LogP contribution < -0.4 is 10.5 Å². The van der Waals surface area contributed by atoms with Crippen LogP contribution in [0.25, 0.3) is 0 Å². The largest absolute Gasteiger partial charge is 0.481 e. The van der Waals surface area contributed by atoms with Crippen LogP contribution in [0.15, 0.2) is 24.3 Å². The second-order valence-corrected chi connectivity index (χ2v) is 5.88. The minimum atomic E-state index is -0.860. The predicted molar refractivity (Wildman–Crippen MR) is 82.5 cm³/mol. The molecule has 0 heterocycles. The summed E-state index contributed by atoms with van der Waals surface area (Å²) in [4.78, 5) is 23.0. The van der Waals surface area contributed by atoms with E-state index in [1.165, 1.54) is 0 Å². The van der Waals surface area contributed by atoms with Gasteiger partial charge < -0.3 is 15.6 Å². The van der Waals surface area contributed by atoms with Crippen molar-refractivity contribution < 1.29 is 19.4 Å². The lowest BCUT2D eigenvalue weighted by Crippen LogP contribution is -2.28. The molecule has 5 nitrogen and oxygen atoms in total. The first-order chi connectivity index (χ1) is 10.6. The second-order valence-electron chi connectivity index (χ2n) is 5.88. The van der Waals surface area contributed by atoms with Gasteiger partial charge in [-0.05, 0) is 56.2 Å². The number of carboxylic acids is 1. The molecule has 0 spiro atoms. The normalized spacial score (nSPS) is 21.3. The highest BCUT2D eigenvalue weighted by Gasteiger charge is 2.27. The number of hydrogen-bond donors (Lipinski definition) is 2. The maximum absolute atomic E-state index is 12.3. The van der Waals surface area contributed by atoms with Crippen molar-refractivity contribution >= 4 is 11.9 Å². The molecule has 1 fully saturated rings. The van der Waals surface area contributed by atoms with Crippen molar-refractivity contribution in [3.05, 3.63) is 29.8 Å². The Kier molecular flexibility index (Phi) is 5.95. The number of carbonyl (C=O) groups excluding carboxylic acids is 1. The van der Waals surface area contributed by atoms with Crippen LogP contribution in [-0.2, 0) is 16.0 Å². The molecule has 0 bridgehead atoms. The van der Waals surface area contributed by atoms with Crippen LogP contribution in [0, 0.1) is 11.8 Å². The first-order valence-corrected chi connectivity index (χ1v) is 7.81. The number of rotatable bonds is 6. The van der Waals surface area contributed by atoms with Gasteiger partial charge in [-0.2, -0.15) is 0 Å². The lowest BCUT2D eigenvalue weighted by atomic mass is 9.82.